The van der Waals surface area contributed by atoms with Crippen LogP contribution in [0.15, 0.2) is 48.7 Å². The van der Waals surface area contributed by atoms with E-state index in [1.165, 1.54) is 0 Å². The van der Waals surface area contributed by atoms with Gasteiger partial charge in [-0.2, -0.15) is 0 Å². The van der Waals surface area contributed by atoms with Gasteiger partial charge >= 0.3 is 0 Å². The molecular formula is C20H20N4O2. The first-order valence-electron chi connectivity index (χ1n) is 8.62. The summed E-state index contributed by atoms with van der Waals surface area (Å²) >= 11 is 0. The number of aromatic nitrogens is 1. The zero-order valence-electron chi connectivity index (χ0n) is 14.2. The third-order valence-electron chi connectivity index (χ3n) is 4.72. The molecule has 1 fully saturated rings. The number of hydrogen-bond acceptors (Lipinski definition) is 3. The van der Waals surface area contributed by atoms with E-state index in [-0.39, 0.29) is 5.91 Å². The summed E-state index contributed by atoms with van der Waals surface area (Å²) in [4.78, 5) is 23.9. The maximum Gasteiger partial charge on any atom is 0.251 e. The molecule has 4 rings (SSSR count). The van der Waals surface area contributed by atoms with E-state index >= 15 is 0 Å². The van der Waals surface area contributed by atoms with Gasteiger partial charge in [0.05, 0.1) is 11.2 Å². The Morgan fingerprint density at radius 1 is 1.08 bits per heavy atom. The van der Waals surface area contributed by atoms with Crippen LogP contribution in [0.2, 0.25) is 0 Å². The van der Waals surface area contributed by atoms with Crippen molar-refractivity contribution in [3.05, 3.63) is 65.4 Å². The number of carbonyl (C=O) groups is 2. The third-order valence-corrected chi connectivity index (χ3v) is 4.72. The van der Waals surface area contributed by atoms with Crippen molar-refractivity contribution < 1.29 is 9.59 Å². The van der Waals surface area contributed by atoms with Gasteiger partial charge in [-0.25, -0.2) is 0 Å². The fourth-order valence-corrected chi connectivity index (χ4v) is 3.09. The first-order valence-corrected chi connectivity index (χ1v) is 8.62. The SMILES string of the molecule is NCc1ccc(C(=O)NC2CC2)cc1-n1ccc2ccc(C(N)=O)cc21. The van der Waals surface area contributed by atoms with E-state index in [1.54, 1.807) is 18.2 Å². The van der Waals surface area contributed by atoms with Crippen molar-refractivity contribution in [2.45, 2.75) is 25.4 Å². The molecule has 1 heterocycles. The van der Waals surface area contributed by atoms with Gasteiger partial charge in [-0.05, 0) is 54.1 Å². The zero-order chi connectivity index (χ0) is 18.3. The first kappa shape index (κ1) is 16.4. The molecule has 132 valence electrons. The zero-order valence-corrected chi connectivity index (χ0v) is 14.2. The Morgan fingerprint density at radius 2 is 1.85 bits per heavy atom. The maximum atomic E-state index is 12.4. The standard InChI is InChI=1S/C20H20N4O2/c21-11-15-4-3-14(20(26)23-16-5-6-16)10-18(15)24-8-7-12-1-2-13(19(22)25)9-17(12)24/h1-4,7-10,16H,5-6,11,21H2,(H2,22,25)(H,23,26). The normalized spacial score (nSPS) is 13.7. The minimum absolute atomic E-state index is 0.0772. The van der Waals surface area contributed by atoms with Gasteiger partial charge in [0.2, 0.25) is 5.91 Å². The van der Waals surface area contributed by atoms with Crippen LogP contribution in [0, 0.1) is 0 Å². The van der Waals surface area contributed by atoms with Gasteiger partial charge in [0.1, 0.15) is 0 Å². The molecule has 2 amide bonds. The Balaban J connectivity index is 1.82. The molecular weight excluding hydrogens is 328 g/mol. The van der Waals surface area contributed by atoms with E-state index in [1.807, 2.05) is 35.0 Å². The van der Waals surface area contributed by atoms with E-state index < -0.39 is 5.91 Å². The summed E-state index contributed by atoms with van der Waals surface area (Å²) in [5, 5.41) is 3.98. The van der Waals surface area contributed by atoms with Crippen molar-refractivity contribution in [3.63, 3.8) is 0 Å². The second-order valence-corrected chi connectivity index (χ2v) is 6.62. The molecule has 2 aromatic carbocycles. The van der Waals surface area contributed by atoms with Crippen LogP contribution in [0.1, 0.15) is 39.1 Å². The van der Waals surface area contributed by atoms with Gasteiger partial charge in [-0.15, -0.1) is 0 Å². The second-order valence-electron chi connectivity index (χ2n) is 6.62. The number of hydrogen-bond donors (Lipinski definition) is 3. The molecule has 0 atom stereocenters. The van der Waals surface area contributed by atoms with E-state index in [0.717, 1.165) is 35.0 Å². The van der Waals surface area contributed by atoms with Crippen molar-refractivity contribution in [2.75, 3.05) is 0 Å². The van der Waals surface area contributed by atoms with Gasteiger partial charge in [0, 0.05) is 29.9 Å². The van der Waals surface area contributed by atoms with Crippen LogP contribution in [0.5, 0.6) is 0 Å². The lowest BCUT2D eigenvalue weighted by Crippen LogP contribution is -2.25. The van der Waals surface area contributed by atoms with Gasteiger partial charge in [-0.1, -0.05) is 12.1 Å². The Labute approximate surface area is 150 Å². The molecule has 0 unspecified atom stereocenters. The van der Waals surface area contributed by atoms with Crippen molar-refractivity contribution in [1.29, 1.82) is 0 Å². The topological polar surface area (TPSA) is 103 Å². The predicted octanol–water partition coefficient (Wildman–Crippen LogP) is 2.08. The molecule has 3 aromatic rings. The lowest BCUT2D eigenvalue weighted by molar-refractivity contribution is 0.0949. The van der Waals surface area contributed by atoms with E-state index in [4.69, 9.17) is 11.5 Å². The Kier molecular flexibility index (Phi) is 3.97. The average Bonchev–Trinajstić information content (AvgIpc) is 3.36. The Hall–Kier alpha value is -3.12. The van der Waals surface area contributed by atoms with E-state index in [9.17, 15) is 9.59 Å². The number of nitrogens with two attached hydrogens (primary N) is 2. The van der Waals surface area contributed by atoms with E-state index in [0.29, 0.717) is 23.7 Å². The number of benzene rings is 2. The molecule has 0 radical (unpaired) electrons. The predicted molar refractivity (Wildman–Crippen MR) is 100 cm³/mol. The molecule has 0 aliphatic heterocycles. The fraction of sp³-hybridized carbons (Fsp3) is 0.200. The minimum atomic E-state index is -0.476. The quantitative estimate of drug-likeness (QED) is 0.657. The maximum absolute atomic E-state index is 12.4. The molecule has 26 heavy (non-hydrogen) atoms. The van der Waals surface area contributed by atoms with Crippen LogP contribution in [0.25, 0.3) is 16.6 Å². The van der Waals surface area contributed by atoms with Crippen molar-refractivity contribution in [2.24, 2.45) is 11.5 Å². The highest BCUT2D eigenvalue weighted by Gasteiger charge is 2.24. The van der Waals surface area contributed by atoms with Crippen molar-refractivity contribution in [3.8, 4) is 5.69 Å². The molecule has 0 spiro atoms. The molecule has 5 N–H and O–H groups in total. The number of fused-ring (bicyclic) bond motifs is 1. The summed E-state index contributed by atoms with van der Waals surface area (Å²) in [6.45, 7) is 0.342. The number of carbonyl (C=O) groups excluding carboxylic acids is 2. The number of nitrogens with zero attached hydrogens (tertiary/aromatic N) is 1. The number of amides is 2. The van der Waals surface area contributed by atoms with Crippen molar-refractivity contribution in [1.82, 2.24) is 9.88 Å². The van der Waals surface area contributed by atoms with Crippen LogP contribution < -0.4 is 16.8 Å². The van der Waals surface area contributed by atoms with Crippen LogP contribution in [0.4, 0.5) is 0 Å². The summed E-state index contributed by atoms with van der Waals surface area (Å²) < 4.78 is 1.94. The smallest absolute Gasteiger partial charge is 0.251 e. The fourth-order valence-electron chi connectivity index (χ4n) is 3.09. The number of rotatable bonds is 5. The summed E-state index contributed by atoms with van der Waals surface area (Å²) in [7, 11) is 0. The highest BCUT2D eigenvalue weighted by Crippen LogP contribution is 2.26. The second kappa shape index (κ2) is 6.31. The molecule has 6 heteroatoms. The summed E-state index contributed by atoms with van der Waals surface area (Å²) in [5.74, 6) is -0.553. The van der Waals surface area contributed by atoms with Gasteiger partial charge in [0.15, 0.2) is 0 Å². The highest BCUT2D eigenvalue weighted by molar-refractivity contribution is 5.98. The molecule has 0 bridgehead atoms. The van der Waals surface area contributed by atoms with Gasteiger partial charge < -0.3 is 21.4 Å². The van der Waals surface area contributed by atoms with Crippen molar-refractivity contribution >= 4 is 22.7 Å². The van der Waals surface area contributed by atoms with Gasteiger partial charge in [0.25, 0.3) is 5.91 Å². The molecule has 6 nitrogen and oxygen atoms in total. The average molecular weight is 348 g/mol. The lowest BCUT2D eigenvalue weighted by atomic mass is 10.1. The molecule has 1 aromatic heterocycles. The van der Waals surface area contributed by atoms with Crippen LogP contribution in [0.3, 0.4) is 0 Å². The Bertz CT molecular complexity index is 1020. The number of primary amides is 1. The van der Waals surface area contributed by atoms with Crippen LogP contribution in [-0.4, -0.2) is 22.4 Å². The minimum Gasteiger partial charge on any atom is -0.366 e. The summed E-state index contributed by atoms with van der Waals surface area (Å²) in [6.07, 6.45) is 3.99. The van der Waals surface area contributed by atoms with Crippen LogP contribution >= 0.6 is 0 Å². The summed E-state index contributed by atoms with van der Waals surface area (Å²) in [5.41, 5.74) is 14.9. The summed E-state index contributed by atoms with van der Waals surface area (Å²) in [6, 6.07) is 13.1. The van der Waals surface area contributed by atoms with Gasteiger partial charge in [-0.3, -0.25) is 9.59 Å². The largest absolute Gasteiger partial charge is 0.366 e. The first-order chi connectivity index (χ1) is 12.6. The lowest BCUT2D eigenvalue weighted by Gasteiger charge is -2.13. The molecule has 1 saturated carbocycles. The molecule has 1 aliphatic carbocycles. The molecule has 0 saturated heterocycles. The van der Waals surface area contributed by atoms with Crippen LogP contribution in [-0.2, 0) is 6.54 Å². The highest BCUT2D eigenvalue weighted by atomic mass is 16.2. The molecule has 1 aliphatic rings. The monoisotopic (exact) mass is 348 g/mol. The Morgan fingerprint density at radius 3 is 2.54 bits per heavy atom. The number of nitrogens with one attached hydrogen (secondary N) is 1. The third kappa shape index (κ3) is 2.95. The van der Waals surface area contributed by atoms with E-state index in [2.05, 4.69) is 5.32 Å².